The van der Waals surface area contributed by atoms with Gasteiger partial charge in [0.15, 0.2) is 0 Å². The van der Waals surface area contributed by atoms with Gasteiger partial charge in [-0.25, -0.2) is 0 Å². The molecule has 1 fully saturated rings. The van der Waals surface area contributed by atoms with Gasteiger partial charge in [-0.2, -0.15) is 0 Å². The third-order valence-corrected chi connectivity index (χ3v) is 7.04. The van der Waals surface area contributed by atoms with E-state index in [0.717, 1.165) is 13.2 Å². The number of ether oxygens (including phenoxy) is 1. The fourth-order valence-corrected chi connectivity index (χ4v) is 6.15. The molecule has 3 rings (SSSR count). The first-order valence-corrected chi connectivity index (χ1v) is 11.6. The SMILES string of the molecule is CCCC(CN)c1ccc2c(c1)CCC(COC1CC(C)(C)CC(C)(C)C1)C2. The number of aryl methyl sites for hydroxylation is 1. The summed E-state index contributed by atoms with van der Waals surface area (Å²) in [4.78, 5) is 0. The molecule has 0 aromatic heterocycles. The summed E-state index contributed by atoms with van der Waals surface area (Å²) in [6.07, 6.45) is 10.2. The van der Waals surface area contributed by atoms with E-state index in [0.29, 0.717) is 28.8 Å². The summed E-state index contributed by atoms with van der Waals surface area (Å²) in [6, 6.07) is 7.16. The van der Waals surface area contributed by atoms with Gasteiger partial charge in [0.2, 0.25) is 0 Å². The van der Waals surface area contributed by atoms with Crippen LogP contribution in [0.15, 0.2) is 18.2 Å². The number of benzene rings is 1. The van der Waals surface area contributed by atoms with Crippen molar-refractivity contribution in [3.05, 3.63) is 34.9 Å². The Morgan fingerprint density at radius 2 is 1.82 bits per heavy atom. The number of nitrogens with two attached hydrogens (primary N) is 1. The van der Waals surface area contributed by atoms with Gasteiger partial charge in [0, 0.05) is 0 Å². The molecule has 2 aliphatic rings. The smallest absolute Gasteiger partial charge is 0.0585 e. The summed E-state index contributed by atoms with van der Waals surface area (Å²) in [7, 11) is 0. The van der Waals surface area contributed by atoms with Gasteiger partial charge in [-0.3, -0.25) is 0 Å². The first kappa shape index (κ1) is 21.8. The van der Waals surface area contributed by atoms with Gasteiger partial charge >= 0.3 is 0 Å². The molecule has 0 radical (unpaired) electrons. The molecule has 2 unspecified atom stereocenters. The lowest BCUT2D eigenvalue weighted by molar-refractivity contribution is -0.0604. The van der Waals surface area contributed by atoms with Crippen molar-refractivity contribution in [3.63, 3.8) is 0 Å². The fourth-order valence-electron chi connectivity index (χ4n) is 6.15. The van der Waals surface area contributed by atoms with Crippen molar-refractivity contribution in [2.75, 3.05) is 13.2 Å². The number of hydrogen-bond donors (Lipinski definition) is 1. The maximum atomic E-state index is 6.50. The van der Waals surface area contributed by atoms with E-state index in [-0.39, 0.29) is 0 Å². The van der Waals surface area contributed by atoms with Crippen molar-refractivity contribution in [1.82, 2.24) is 0 Å². The molecule has 0 aliphatic heterocycles. The Morgan fingerprint density at radius 1 is 1.11 bits per heavy atom. The lowest BCUT2D eigenvalue weighted by atomic mass is 9.64. The summed E-state index contributed by atoms with van der Waals surface area (Å²) in [5.74, 6) is 1.20. The Bertz CT molecular complexity index is 632. The van der Waals surface area contributed by atoms with Gasteiger partial charge in [-0.15, -0.1) is 0 Å². The third-order valence-electron chi connectivity index (χ3n) is 7.04. The molecule has 28 heavy (non-hydrogen) atoms. The molecule has 0 amide bonds. The maximum Gasteiger partial charge on any atom is 0.0585 e. The van der Waals surface area contributed by atoms with Crippen LogP contribution >= 0.6 is 0 Å². The van der Waals surface area contributed by atoms with Crippen LogP contribution in [0.3, 0.4) is 0 Å². The maximum absolute atomic E-state index is 6.50. The van der Waals surface area contributed by atoms with E-state index >= 15 is 0 Å². The van der Waals surface area contributed by atoms with Gasteiger partial charge in [-0.1, -0.05) is 59.2 Å². The Labute approximate surface area is 173 Å². The second-order valence-corrected chi connectivity index (χ2v) is 11.2. The first-order valence-electron chi connectivity index (χ1n) is 11.6. The lowest BCUT2D eigenvalue weighted by Gasteiger charge is -2.45. The van der Waals surface area contributed by atoms with Gasteiger partial charge in [-0.05, 0) is 90.8 Å². The molecule has 1 aromatic carbocycles. The van der Waals surface area contributed by atoms with Crippen LogP contribution in [0.25, 0.3) is 0 Å². The predicted octanol–water partition coefficient (Wildman–Crippen LogP) is 6.26. The second kappa shape index (κ2) is 8.88. The van der Waals surface area contributed by atoms with Crippen molar-refractivity contribution >= 4 is 0 Å². The van der Waals surface area contributed by atoms with E-state index in [1.165, 1.54) is 56.9 Å². The molecule has 0 heterocycles. The van der Waals surface area contributed by atoms with E-state index in [1.54, 1.807) is 11.1 Å². The van der Waals surface area contributed by atoms with Crippen molar-refractivity contribution in [1.29, 1.82) is 0 Å². The topological polar surface area (TPSA) is 35.2 Å². The molecule has 0 bridgehead atoms. The average Bonchev–Trinajstić information content (AvgIpc) is 2.61. The number of rotatable bonds is 7. The van der Waals surface area contributed by atoms with Crippen molar-refractivity contribution in [2.45, 2.75) is 98.0 Å². The predicted molar refractivity (Wildman–Crippen MR) is 120 cm³/mol. The standard InChI is InChI=1S/C26H43NO/c1-6-7-23(16-27)22-11-10-20-12-19(8-9-21(20)13-22)17-28-24-14-25(2,3)18-26(4,5)15-24/h10-11,13,19,23-24H,6-9,12,14-18,27H2,1-5H3. The Morgan fingerprint density at radius 3 is 2.46 bits per heavy atom. The highest BCUT2D eigenvalue weighted by Crippen LogP contribution is 2.46. The largest absolute Gasteiger partial charge is 0.378 e. The van der Waals surface area contributed by atoms with Gasteiger partial charge < -0.3 is 10.5 Å². The first-order chi connectivity index (χ1) is 13.2. The molecule has 2 aliphatic carbocycles. The zero-order valence-electron chi connectivity index (χ0n) is 19.0. The monoisotopic (exact) mass is 385 g/mol. The van der Waals surface area contributed by atoms with Crippen LogP contribution in [0.5, 0.6) is 0 Å². The van der Waals surface area contributed by atoms with Crippen LogP contribution in [0, 0.1) is 16.7 Å². The minimum atomic E-state index is 0.403. The van der Waals surface area contributed by atoms with Crippen LogP contribution in [0.4, 0.5) is 0 Å². The van der Waals surface area contributed by atoms with E-state index < -0.39 is 0 Å². The van der Waals surface area contributed by atoms with Crippen molar-refractivity contribution in [2.24, 2.45) is 22.5 Å². The van der Waals surface area contributed by atoms with E-state index in [9.17, 15) is 0 Å². The normalized spacial score (nSPS) is 25.3. The van der Waals surface area contributed by atoms with Crippen molar-refractivity contribution < 1.29 is 4.74 Å². The highest BCUT2D eigenvalue weighted by atomic mass is 16.5. The van der Waals surface area contributed by atoms with E-state index in [1.807, 2.05) is 0 Å². The highest BCUT2D eigenvalue weighted by Gasteiger charge is 2.39. The second-order valence-electron chi connectivity index (χ2n) is 11.2. The molecule has 2 nitrogen and oxygen atoms in total. The minimum absolute atomic E-state index is 0.403. The quantitative estimate of drug-likeness (QED) is 0.601. The fraction of sp³-hybridized carbons (Fsp3) is 0.769. The number of hydrogen-bond acceptors (Lipinski definition) is 2. The van der Waals surface area contributed by atoms with Crippen molar-refractivity contribution in [3.8, 4) is 0 Å². The highest BCUT2D eigenvalue weighted by molar-refractivity contribution is 5.36. The summed E-state index contributed by atoms with van der Waals surface area (Å²) in [5.41, 5.74) is 11.4. The van der Waals surface area contributed by atoms with Gasteiger partial charge in [0.05, 0.1) is 12.7 Å². The molecule has 158 valence electrons. The van der Waals surface area contributed by atoms with Crippen LogP contribution in [-0.2, 0) is 17.6 Å². The summed E-state index contributed by atoms with van der Waals surface area (Å²) < 4.78 is 6.50. The Hall–Kier alpha value is -0.860. The molecule has 1 saturated carbocycles. The summed E-state index contributed by atoms with van der Waals surface area (Å²) in [6.45, 7) is 13.6. The van der Waals surface area contributed by atoms with E-state index in [2.05, 4.69) is 52.8 Å². The Kier molecular flexibility index (Phi) is 6.92. The third kappa shape index (κ3) is 5.60. The zero-order chi connectivity index (χ0) is 20.4. The van der Waals surface area contributed by atoms with E-state index in [4.69, 9.17) is 10.5 Å². The zero-order valence-corrected chi connectivity index (χ0v) is 19.0. The Balaban J connectivity index is 1.57. The molecule has 1 aromatic rings. The average molecular weight is 386 g/mol. The lowest BCUT2D eigenvalue weighted by Crippen LogP contribution is -2.38. The molecular formula is C26H43NO. The van der Waals surface area contributed by atoms with Gasteiger partial charge in [0.25, 0.3) is 0 Å². The van der Waals surface area contributed by atoms with Crippen LogP contribution in [0.2, 0.25) is 0 Å². The van der Waals surface area contributed by atoms with Crippen LogP contribution in [0.1, 0.15) is 95.8 Å². The van der Waals surface area contributed by atoms with Crippen LogP contribution < -0.4 is 5.73 Å². The molecule has 0 spiro atoms. The minimum Gasteiger partial charge on any atom is -0.378 e. The molecule has 0 saturated heterocycles. The molecule has 2 atom stereocenters. The van der Waals surface area contributed by atoms with Crippen LogP contribution in [-0.4, -0.2) is 19.3 Å². The number of fused-ring (bicyclic) bond motifs is 1. The molecule has 2 N–H and O–H groups in total. The summed E-state index contributed by atoms with van der Waals surface area (Å²) in [5, 5.41) is 0. The molecule has 2 heteroatoms. The summed E-state index contributed by atoms with van der Waals surface area (Å²) >= 11 is 0. The van der Waals surface area contributed by atoms with Gasteiger partial charge in [0.1, 0.15) is 0 Å². The molecular weight excluding hydrogens is 342 g/mol.